The topological polar surface area (TPSA) is 71.3 Å². The zero-order chi connectivity index (χ0) is 96.1. The summed E-state index contributed by atoms with van der Waals surface area (Å²) in [4.78, 5) is 21.5. The monoisotopic (exact) mass is 1850 g/mol. The molecule has 29 aromatic rings. The third-order valence-electron chi connectivity index (χ3n) is 32.6. The van der Waals surface area contributed by atoms with E-state index in [-0.39, 0.29) is 16.2 Å². The average Bonchev–Trinajstić information content (AvgIpc) is 1.57. The first kappa shape index (κ1) is 82.6. The van der Waals surface area contributed by atoms with Crippen LogP contribution in [0.1, 0.15) is 74.9 Å². The molecule has 0 bridgehead atoms. The molecule has 0 fully saturated rings. The van der Waals surface area contributed by atoms with Crippen molar-refractivity contribution < 1.29 is 0 Å². The van der Waals surface area contributed by atoms with Gasteiger partial charge < -0.3 is 9.13 Å². The van der Waals surface area contributed by atoms with Crippen molar-refractivity contribution in [1.29, 1.82) is 0 Å². The van der Waals surface area contributed by atoms with E-state index in [0.29, 0.717) is 11.9 Å². The maximum Gasteiger partial charge on any atom is 0.235 e. The van der Waals surface area contributed by atoms with Crippen molar-refractivity contribution in [2.45, 2.75) is 57.8 Å². The van der Waals surface area contributed by atoms with Gasteiger partial charge in [0.2, 0.25) is 11.9 Å². The molecule has 3 aliphatic rings. The number of hydrogen-bond acceptors (Lipinski definition) is 4. The number of nitrogens with zero attached hydrogens (tertiary/aromatic N) is 8. The first-order chi connectivity index (χ1) is 71.2. The highest BCUT2D eigenvalue weighted by Gasteiger charge is 2.41. The quantitative estimate of drug-likeness (QED) is 0.166. The lowest BCUT2D eigenvalue weighted by Crippen LogP contribution is -2.23. The molecule has 0 aliphatic heterocycles. The van der Waals surface area contributed by atoms with Crippen LogP contribution >= 0.6 is 0 Å². The van der Waals surface area contributed by atoms with E-state index in [9.17, 15) is 0 Å². The molecule has 8 nitrogen and oxygen atoms in total. The minimum atomic E-state index is -0.132. The van der Waals surface area contributed by atoms with Gasteiger partial charge in [-0.2, -0.15) is 0 Å². The molecule has 0 N–H and O–H groups in total. The van der Waals surface area contributed by atoms with Gasteiger partial charge in [-0.1, -0.05) is 399 Å². The summed E-state index contributed by atoms with van der Waals surface area (Å²) in [5.74, 6) is 1.36. The molecule has 0 saturated carbocycles. The zero-order valence-corrected chi connectivity index (χ0v) is 80.8. The second-order valence-corrected chi connectivity index (χ2v) is 41.3. The largest absolute Gasteiger partial charge is 0.309 e. The standard InChI is InChI=1S/C47H31N3.C47H32N2.C43H29N3/c1-47(2)36-19-9-7-17-34(36)43-41-31(15-11-20-37(41)47)27-40-44(43)42-33-16-6-5-13-29(33)24-25-39(42)50(40)46-48-38-21-10-8-18-35(38)45(49-46)32-23-22-28-12-3-4-14-30(28)26-32;1-47(2)37-20-10-8-19-35(37)45-43-30(14-12-21-38(43)47)27-42-46(45)44-33-17-7-6-13-29(33)23-25-41(44)49(42)32-24-26-40-36(28-32)34-18-9-11-22-39(34)48(40)31-15-4-3-5-16-31;1-43(2)32-20-10-8-18-30(32)39-37-28(16-12-21-33(37)43)25-36-40(39)38-29-17-7-6-13-26(29)23-24-35(38)46(36)42-44-34-22-11-9-19-31(34)41(45-42)27-14-4-3-5-15-27/h3-27H,1-2H3;3-28H,1-2H3;3-25H,1-2H3. The minimum Gasteiger partial charge on any atom is -0.309 e. The molecule has 6 heterocycles. The summed E-state index contributed by atoms with van der Waals surface area (Å²) < 4.78 is 9.54. The van der Waals surface area contributed by atoms with Gasteiger partial charge in [-0.3, -0.25) is 9.13 Å². The van der Waals surface area contributed by atoms with E-state index < -0.39 is 0 Å². The maximum absolute atomic E-state index is 5.49. The lowest BCUT2D eigenvalue weighted by molar-refractivity contribution is 0.645. The fourth-order valence-corrected chi connectivity index (χ4v) is 26.0. The maximum atomic E-state index is 5.49. The van der Waals surface area contributed by atoms with Gasteiger partial charge in [0, 0.05) is 109 Å². The third-order valence-corrected chi connectivity index (χ3v) is 32.6. The number of hydrogen-bond donors (Lipinski definition) is 0. The normalized spacial score (nSPS) is 13.6. The summed E-state index contributed by atoms with van der Waals surface area (Å²) in [6.07, 6.45) is 0. The van der Waals surface area contributed by atoms with Gasteiger partial charge in [-0.25, -0.2) is 19.9 Å². The van der Waals surface area contributed by atoms with Crippen LogP contribution in [0.15, 0.2) is 449 Å². The van der Waals surface area contributed by atoms with E-state index in [2.05, 4.69) is 509 Å². The fourth-order valence-electron chi connectivity index (χ4n) is 26.0. The molecular weight excluding hydrogens is 1760 g/mol. The highest BCUT2D eigenvalue weighted by Crippen LogP contribution is 2.59. The predicted molar refractivity (Wildman–Crippen MR) is 609 cm³/mol. The third kappa shape index (κ3) is 11.9. The van der Waals surface area contributed by atoms with Gasteiger partial charge in [-0.15, -0.1) is 0 Å². The number of benzene rings is 23. The lowest BCUT2D eigenvalue weighted by Gasteiger charge is -2.35. The van der Waals surface area contributed by atoms with E-state index in [1.807, 2.05) is 0 Å². The van der Waals surface area contributed by atoms with E-state index in [1.165, 1.54) is 219 Å². The molecule has 8 heteroatoms. The summed E-state index contributed by atoms with van der Waals surface area (Å²) >= 11 is 0. The van der Waals surface area contributed by atoms with Crippen LogP contribution in [0.25, 0.3) is 264 Å². The lowest BCUT2D eigenvalue weighted by atomic mass is 9.68. The minimum absolute atomic E-state index is 0.102. The molecule has 145 heavy (non-hydrogen) atoms. The Hall–Kier alpha value is -18.2. The summed E-state index contributed by atoms with van der Waals surface area (Å²) in [5.41, 5.74) is 33.4. The van der Waals surface area contributed by atoms with Gasteiger partial charge in [0.1, 0.15) is 0 Å². The van der Waals surface area contributed by atoms with Crippen molar-refractivity contribution in [3.8, 4) is 79.2 Å². The van der Waals surface area contributed by atoms with E-state index in [0.717, 1.165) is 66.4 Å². The summed E-state index contributed by atoms with van der Waals surface area (Å²) in [7, 11) is 0. The van der Waals surface area contributed by atoms with Crippen LogP contribution in [-0.4, -0.2) is 38.2 Å². The van der Waals surface area contributed by atoms with E-state index in [4.69, 9.17) is 19.9 Å². The number of para-hydroxylation sites is 4. The van der Waals surface area contributed by atoms with Gasteiger partial charge in [0.15, 0.2) is 0 Å². The molecule has 3 aliphatic carbocycles. The van der Waals surface area contributed by atoms with Gasteiger partial charge in [-0.05, 0) is 216 Å². The van der Waals surface area contributed by atoms with Crippen LogP contribution in [0.4, 0.5) is 0 Å². The Labute approximate surface area is 835 Å². The van der Waals surface area contributed by atoms with Crippen molar-refractivity contribution in [2.24, 2.45) is 0 Å². The molecule has 23 aromatic carbocycles. The Kier molecular flexibility index (Phi) is 17.6. The molecule has 0 unspecified atom stereocenters. The Morgan fingerprint density at radius 1 is 0.172 bits per heavy atom. The first-order valence-corrected chi connectivity index (χ1v) is 50.5. The molecule has 0 saturated heterocycles. The van der Waals surface area contributed by atoms with Crippen LogP contribution in [0.5, 0.6) is 0 Å². The van der Waals surface area contributed by atoms with Crippen molar-refractivity contribution in [3.05, 3.63) is 482 Å². The Morgan fingerprint density at radius 3 is 0.972 bits per heavy atom. The Balaban J connectivity index is 0.000000101. The van der Waals surface area contributed by atoms with Crippen LogP contribution in [0.2, 0.25) is 0 Å². The number of aromatic nitrogens is 8. The van der Waals surface area contributed by atoms with Gasteiger partial charge in [0.25, 0.3) is 0 Å². The predicted octanol–water partition coefficient (Wildman–Crippen LogP) is 35.7. The molecule has 32 rings (SSSR count). The number of rotatable bonds is 6. The SMILES string of the molecule is CC1(C)c2ccccc2-c2c3c1cccc3cc1c2c2c3ccccc3ccc2n1-c1ccc2c(c1)c1ccccc1n2-c1ccccc1.CC1(C)c2ccccc2-c2c3c1cccc3cc1c2c2c3ccccc3ccc2n1-c1nc(-c2ccc3ccccc3c2)c2ccccc2n1.CC1(C)c2ccccc2-c2c3c1cccc3cc1c2c2c3ccccc3ccc2n1-c1nc(-c2ccccc2)c2ccccc2n1. The molecular formula is C137H92N8. The van der Waals surface area contributed by atoms with Crippen molar-refractivity contribution in [1.82, 2.24) is 38.2 Å². The van der Waals surface area contributed by atoms with Crippen molar-refractivity contribution in [2.75, 3.05) is 0 Å². The molecule has 0 amide bonds. The molecule has 6 aromatic heterocycles. The van der Waals surface area contributed by atoms with Crippen LogP contribution in [-0.2, 0) is 16.2 Å². The molecule has 680 valence electrons. The second kappa shape index (κ2) is 30.9. The highest BCUT2D eigenvalue weighted by atomic mass is 15.2. The average molecular weight is 1850 g/mol. The van der Waals surface area contributed by atoms with Crippen molar-refractivity contribution in [3.63, 3.8) is 0 Å². The van der Waals surface area contributed by atoms with E-state index >= 15 is 0 Å². The number of fused-ring (bicyclic) bond motifs is 30. The van der Waals surface area contributed by atoms with Gasteiger partial charge >= 0.3 is 0 Å². The van der Waals surface area contributed by atoms with E-state index in [1.54, 1.807) is 0 Å². The Morgan fingerprint density at radius 2 is 0.503 bits per heavy atom. The summed E-state index contributed by atoms with van der Waals surface area (Å²) in [6, 6.07) is 164. The van der Waals surface area contributed by atoms with Crippen LogP contribution < -0.4 is 0 Å². The summed E-state index contributed by atoms with van der Waals surface area (Å²) in [6.45, 7) is 14.2. The van der Waals surface area contributed by atoms with Crippen LogP contribution in [0.3, 0.4) is 0 Å². The molecule has 0 spiro atoms. The molecule has 0 radical (unpaired) electrons. The molecule has 0 atom stereocenters. The van der Waals surface area contributed by atoms with Crippen molar-refractivity contribution >= 4 is 184 Å². The smallest absolute Gasteiger partial charge is 0.235 e. The van der Waals surface area contributed by atoms with Gasteiger partial charge in [0.05, 0.1) is 66.6 Å². The zero-order valence-electron chi connectivity index (χ0n) is 80.8. The second-order valence-electron chi connectivity index (χ2n) is 41.3. The fraction of sp³-hybridized carbons (Fsp3) is 0.0657. The first-order valence-electron chi connectivity index (χ1n) is 50.5. The van der Waals surface area contributed by atoms with Crippen LogP contribution in [0, 0.1) is 0 Å². The summed E-state index contributed by atoms with van der Waals surface area (Å²) in [5, 5.41) is 30.0. The highest BCUT2D eigenvalue weighted by molar-refractivity contribution is 6.34. The Bertz CT molecular complexity index is 10700.